The summed E-state index contributed by atoms with van der Waals surface area (Å²) in [6.07, 6.45) is 5.08. The smallest absolute Gasteiger partial charge is 0.128 e. The van der Waals surface area contributed by atoms with Crippen LogP contribution in [0.3, 0.4) is 0 Å². The maximum Gasteiger partial charge on any atom is 0.128 e. The molecule has 1 aliphatic heterocycles. The zero-order valence-corrected chi connectivity index (χ0v) is 11.5. The van der Waals surface area contributed by atoms with E-state index in [1.807, 2.05) is 12.1 Å². The van der Waals surface area contributed by atoms with E-state index >= 15 is 0 Å². The second kappa shape index (κ2) is 6.24. The molecule has 1 aromatic carbocycles. The Morgan fingerprint density at radius 2 is 2.17 bits per heavy atom. The summed E-state index contributed by atoms with van der Waals surface area (Å²) < 4.78 is 5.69. The van der Waals surface area contributed by atoms with E-state index in [2.05, 4.69) is 19.9 Å². The van der Waals surface area contributed by atoms with Crippen LogP contribution >= 0.6 is 0 Å². The maximum absolute atomic E-state index is 10.6. The minimum absolute atomic E-state index is 0.348. The fourth-order valence-electron chi connectivity index (χ4n) is 2.78. The van der Waals surface area contributed by atoms with Gasteiger partial charge in [0.1, 0.15) is 5.75 Å². The number of hydrogen-bond acceptors (Lipinski definition) is 2. The molecule has 1 aromatic rings. The molecule has 0 amide bonds. The second-order valence-corrected chi connectivity index (χ2v) is 5.19. The fourth-order valence-corrected chi connectivity index (χ4v) is 2.78. The Morgan fingerprint density at radius 1 is 1.33 bits per heavy atom. The highest BCUT2D eigenvalue weighted by Crippen LogP contribution is 2.38. The first kappa shape index (κ1) is 13.4. The van der Waals surface area contributed by atoms with Gasteiger partial charge in [-0.1, -0.05) is 51.3 Å². The van der Waals surface area contributed by atoms with Crippen LogP contribution in [0.15, 0.2) is 18.2 Å². The molecule has 0 spiro atoms. The van der Waals surface area contributed by atoms with E-state index in [9.17, 15) is 5.11 Å². The van der Waals surface area contributed by atoms with E-state index < -0.39 is 0 Å². The Hall–Kier alpha value is -1.02. The Bertz CT molecular complexity index is 387. The summed E-state index contributed by atoms with van der Waals surface area (Å²) in [6, 6.07) is 6.16. The zero-order valence-electron chi connectivity index (χ0n) is 11.5. The third kappa shape index (κ3) is 2.69. The Labute approximate surface area is 110 Å². The van der Waals surface area contributed by atoms with Crippen molar-refractivity contribution >= 4 is 0 Å². The van der Waals surface area contributed by atoms with Crippen molar-refractivity contribution in [3.63, 3.8) is 0 Å². The van der Waals surface area contributed by atoms with Crippen molar-refractivity contribution in [2.75, 3.05) is 6.61 Å². The first-order valence-electron chi connectivity index (χ1n) is 7.20. The van der Waals surface area contributed by atoms with Crippen molar-refractivity contribution in [3.05, 3.63) is 29.3 Å². The van der Waals surface area contributed by atoms with Gasteiger partial charge in [0.2, 0.25) is 0 Å². The zero-order chi connectivity index (χ0) is 13.0. The highest BCUT2D eigenvalue weighted by atomic mass is 16.5. The molecule has 2 nitrogen and oxygen atoms in total. The predicted molar refractivity (Wildman–Crippen MR) is 73.9 cm³/mol. The van der Waals surface area contributed by atoms with E-state index in [-0.39, 0.29) is 6.10 Å². The van der Waals surface area contributed by atoms with Gasteiger partial charge in [-0.25, -0.2) is 0 Å². The SMILES string of the molecule is CCCCC(CC)C(O)c1cccc2c1OCC2. The third-order valence-electron chi connectivity index (χ3n) is 3.96. The standard InChI is InChI=1S/C16H24O2/c1-3-5-7-12(4-2)15(17)14-9-6-8-13-10-11-18-16(13)14/h6,8-9,12,15,17H,3-5,7,10-11H2,1-2H3. The summed E-state index contributed by atoms with van der Waals surface area (Å²) in [5.74, 6) is 1.29. The third-order valence-corrected chi connectivity index (χ3v) is 3.96. The number of para-hydroxylation sites is 1. The molecule has 18 heavy (non-hydrogen) atoms. The topological polar surface area (TPSA) is 29.5 Å². The molecule has 2 unspecified atom stereocenters. The quantitative estimate of drug-likeness (QED) is 0.828. The van der Waals surface area contributed by atoms with Crippen LogP contribution in [0.4, 0.5) is 0 Å². The molecule has 0 saturated carbocycles. The highest BCUT2D eigenvalue weighted by molar-refractivity contribution is 5.45. The van der Waals surface area contributed by atoms with Gasteiger partial charge in [-0.05, 0) is 17.9 Å². The van der Waals surface area contributed by atoms with Gasteiger partial charge >= 0.3 is 0 Å². The van der Waals surface area contributed by atoms with Gasteiger partial charge in [-0.3, -0.25) is 0 Å². The van der Waals surface area contributed by atoms with Gasteiger partial charge in [-0.15, -0.1) is 0 Å². The number of aliphatic hydroxyl groups is 1. The summed E-state index contributed by atoms with van der Waals surface area (Å²) in [5, 5.41) is 10.6. The molecule has 0 saturated heterocycles. The van der Waals surface area contributed by atoms with Crippen molar-refractivity contribution in [2.24, 2.45) is 5.92 Å². The molecule has 1 aliphatic rings. The van der Waals surface area contributed by atoms with Gasteiger partial charge in [0.05, 0.1) is 12.7 Å². The molecular weight excluding hydrogens is 224 g/mol. The average Bonchev–Trinajstić information content (AvgIpc) is 2.87. The lowest BCUT2D eigenvalue weighted by Gasteiger charge is -2.23. The lowest BCUT2D eigenvalue weighted by Crippen LogP contribution is -2.13. The van der Waals surface area contributed by atoms with E-state index in [1.54, 1.807) is 0 Å². The van der Waals surface area contributed by atoms with E-state index in [0.29, 0.717) is 5.92 Å². The molecule has 0 aliphatic carbocycles. The number of hydrogen-bond donors (Lipinski definition) is 1. The van der Waals surface area contributed by atoms with Crippen molar-refractivity contribution in [3.8, 4) is 5.75 Å². The molecule has 2 rings (SSSR count). The van der Waals surface area contributed by atoms with Gasteiger partial charge in [0.15, 0.2) is 0 Å². The minimum Gasteiger partial charge on any atom is -0.493 e. The first-order chi connectivity index (χ1) is 8.77. The lowest BCUT2D eigenvalue weighted by molar-refractivity contribution is 0.0961. The first-order valence-corrected chi connectivity index (χ1v) is 7.20. The summed E-state index contributed by atoms with van der Waals surface area (Å²) in [5.41, 5.74) is 2.24. The average molecular weight is 248 g/mol. The molecule has 0 bridgehead atoms. The summed E-state index contributed by atoms with van der Waals surface area (Å²) in [7, 11) is 0. The van der Waals surface area contributed by atoms with Crippen LogP contribution in [-0.2, 0) is 6.42 Å². The normalized spacial score (nSPS) is 17.1. The van der Waals surface area contributed by atoms with E-state index in [0.717, 1.165) is 37.2 Å². The summed E-state index contributed by atoms with van der Waals surface area (Å²) in [6.45, 7) is 5.11. The van der Waals surface area contributed by atoms with Crippen LogP contribution in [0, 0.1) is 5.92 Å². The van der Waals surface area contributed by atoms with Crippen molar-refractivity contribution < 1.29 is 9.84 Å². The van der Waals surface area contributed by atoms with Crippen LogP contribution in [0.5, 0.6) is 5.75 Å². The Morgan fingerprint density at radius 3 is 2.89 bits per heavy atom. The molecule has 2 heteroatoms. The molecule has 1 heterocycles. The fraction of sp³-hybridized carbons (Fsp3) is 0.625. The highest BCUT2D eigenvalue weighted by Gasteiger charge is 2.25. The van der Waals surface area contributed by atoms with Gasteiger partial charge in [0.25, 0.3) is 0 Å². The van der Waals surface area contributed by atoms with Crippen LogP contribution in [0.1, 0.15) is 56.8 Å². The minimum atomic E-state index is -0.380. The van der Waals surface area contributed by atoms with Crippen LogP contribution in [0.2, 0.25) is 0 Å². The number of aliphatic hydroxyl groups excluding tert-OH is 1. The number of unbranched alkanes of at least 4 members (excludes halogenated alkanes) is 1. The van der Waals surface area contributed by atoms with E-state index in [4.69, 9.17) is 4.74 Å². The molecule has 0 radical (unpaired) electrons. The molecule has 0 aromatic heterocycles. The van der Waals surface area contributed by atoms with Crippen LogP contribution in [0.25, 0.3) is 0 Å². The van der Waals surface area contributed by atoms with Crippen LogP contribution in [-0.4, -0.2) is 11.7 Å². The second-order valence-electron chi connectivity index (χ2n) is 5.19. The number of ether oxygens (including phenoxy) is 1. The monoisotopic (exact) mass is 248 g/mol. The van der Waals surface area contributed by atoms with Crippen molar-refractivity contribution in [2.45, 2.75) is 52.1 Å². The van der Waals surface area contributed by atoms with Gasteiger partial charge in [-0.2, -0.15) is 0 Å². The lowest BCUT2D eigenvalue weighted by atomic mass is 9.88. The molecule has 1 N–H and O–H groups in total. The Balaban J connectivity index is 2.17. The Kier molecular flexibility index (Phi) is 4.65. The van der Waals surface area contributed by atoms with Crippen molar-refractivity contribution in [1.29, 1.82) is 0 Å². The molecular formula is C16H24O2. The molecule has 2 atom stereocenters. The number of rotatable bonds is 6. The maximum atomic E-state index is 10.6. The number of benzene rings is 1. The number of fused-ring (bicyclic) bond motifs is 1. The molecule has 0 fully saturated rings. The largest absolute Gasteiger partial charge is 0.493 e. The molecule has 100 valence electrons. The summed E-state index contributed by atoms with van der Waals surface area (Å²) in [4.78, 5) is 0. The van der Waals surface area contributed by atoms with Crippen LogP contribution < -0.4 is 4.74 Å². The van der Waals surface area contributed by atoms with Gasteiger partial charge < -0.3 is 9.84 Å². The van der Waals surface area contributed by atoms with E-state index in [1.165, 1.54) is 18.4 Å². The van der Waals surface area contributed by atoms with Gasteiger partial charge in [0, 0.05) is 12.0 Å². The predicted octanol–water partition coefficient (Wildman–Crippen LogP) is 3.87. The van der Waals surface area contributed by atoms with Crippen molar-refractivity contribution in [1.82, 2.24) is 0 Å². The summed E-state index contributed by atoms with van der Waals surface area (Å²) >= 11 is 0.